The molecule has 0 aliphatic heterocycles. The number of ketones is 1. The fraction of sp³-hybridized carbons (Fsp3) is 0.375. The maximum absolute atomic E-state index is 12.5. The summed E-state index contributed by atoms with van der Waals surface area (Å²) in [5.41, 5.74) is -0.238. The molecule has 0 radical (unpaired) electrons. The molecule has 1 aromatic heterocycles. The SMILES string of the molecule is COc1ncc(C(=O)C(C)(F)F)cn1. The minimum Gasteiger partial charge on any atom is -0.467 e. The van der Waals surface area contributed by atoms with E-state index in [0.29, 0.717) is 6.92 Å². The second-order valence-corrected chi connectivity index (χ2v) is 2.68. The van der Waals surface area contributed by atoms with Gasteiger partial charge in [0.2, 0.25) is 5.78 Å². The van der Waals surface area contributed by atoms with E-state index in [2.05, 4.69) is 14.7 Å². The summed E-state index contributed by atoms with van der Waals surface area (Å²) in [5, 5.41) is 0. The Morgan fingerprint density at radius 1 is 1.43 bits per heavy atom. The van der Waals surface area contributed by atoms with Gasteiger partial charge in [-0.05, 0) is 0 Å². The fourth-order valence-corrected chi connectivity index (χ4v) is 0.792. The third-order valence-electron chi connectivity index (χ3n) is 1.47. The normalized spacial score (nSPS) is 11.1. The third-order valence-corrected chi connectivity index (χ3v) is 1.47. The summed E-state index contributed by atoms with van der Waals surface area (Å²) < 4.78 is 29.7. The van der Waals surface area contributed by atoms with Crippen LogP contribution in [0.1, 0.15) is 17.3 Å². The fourth-order valence-electron chi connectivity index (χ4n) is 0.792. The summed E-state index contributed by atoms with van der Waals surface area (Å²) in [7, 11) is 1.34. The summed E-state index contributed by atoms with van der Waals surface area (Å²) in [6.07, 6.45) is 2.01. The molecule has 0 aliphatic rings. The van der Waals surface area contributed by atoms with Gasteiger partial charge in [0.25, 0.3) is 0 Å². The molecule has 0 fully saturated rings. The topological polar surface area (TPSA) is 52.1 Å². The smallest absolute Gasteiger partial charge is 0.316 e. The Hall–Kier alpha value is -1.59. The van der Waals surface area contributed by atoms with Crippen LogP contribution in [0.5, 0.6) is 6.01 Å². The van der Waals surface area contributed by atoms with E-state index in [1.165, 1.54) is 7.11 Å². The first-order valence-corrected chi connectivity index (χ1v) is 3.74. The molecule has 0 saturated carbocycles. The van der Waals surface area contributed by atoms with Gasteiger partial charge in [-0.15, -0.1) is 0 Å². The standard InChI is InChI=1S/C8H8F2N2O2/c1-8(9,10)6(13)5-3-11-7(14-2)12-4-5/h3-4H,1-2H3. The Morgan fingerprint density at radius 3 is 2.29 bits per heavy atom. The summed E-state index contributed by atoms with van der Waals surface area (Å²) in [6.45, 7) is 0.527. The second-order valence-electron chi connectivity index (χ2n) is 2.68. The van der Waals surface area contributed by atoms with Crippen LogP contribution < -0.4 is 4.74 Å². The number of nitrogens with zero attached hydrogens (tertiary/aromatic N) is 2. The van der Waals surface area contributed by atoms with Gasteiger partial charge < -0.3 is 4.74 Å². The van der Waals surface area contributed by atoms with Crippen molar-refractivity contribution in [1.82, 2.24) is 9.97 Å². The number of ether oxygens (including phenoxy) is 1. The lowest BCUT2D eigenvalue weighted by atomic mass is 10.1. The molecule has 0 amide bonds. The van der Waals surface area contributed by atoms with Gasteiger partial charge in [-0.1, -0.05) is 0 Å². The Kier molecular flexibility index (Phi) is 2.73. The van der Waals surface area contributed by atoms with Crippen LogP contribution in [0.4, 0.5) is 8.78 Å². The highest BCUT2D eigenvalue weighted by molar-refractivity contribution is 6.00. The average molecular weight is 202 g/mol. The Morgan fingerprint density at radius 2 is 1.93 bits per heavy atom. The summed E-state index contributed by atoms with van der Waals surface area (Å²) in [6, 6.07) is 0.0287. The number of alkyl halides is 2. The van der Waals surface area contributed by atoms with Crippen LogP contribution in [0.2, 0.25) is 0 Å². The lowest BCUT2D eigenvalue weighted by Gasteiger charge is -2.07. The molecular formula is C8H8F2N2O2. The lowest BCUT2D eigenvalue weighted by Crippen LogP contribution is -2.24. The molecule has 4 nitrogen and oxygen atoms in total. The van der Waals surface area contributed by atoms with Gasteiger partial charge in [0.1, 0.15) is 0 Å². The monoisotopic (exact) mass is 202 g/mol. The molecule has 1 aromatic rings. The molecule has 0 aromatic carbocycles. The van der Waals surface area contributed by atoms with Crippen molar-refractivity contribution >= 4 is 5.78 Å². The first kappa shape index (κ1) is 10.5. The summed E-state index contributed by atoms with van der Waals surface area (Å²) in [5.74, 6) is -4.71. The van der Waals surface area contributed by atoms with Crippen LogP contribution in [0.3, 0.4) is 0 Å². The third kappa shape index (κ3) is 2.21. The molecule has 0 aliphatic carbocycles. The molecule has 0 N–H and O–H groups in total. The predicted octanol–water partition coefficient (Wildman–Crippen LogP) is 1.32. The van der Waals surface area contributed by atoms with Gasteiger partial charge in [0.15, 0.2) is 0 Å². The van der Waals surface area contributed by atoms with Crippen LogP contribution in [-0.4, -0.2) is 28.8 Å². The van der Waals surface area contributed by atoms with E-state index in [0.717, 1.165) is 12.4 Å². The number of halogens is 2. The van der Waals surface area contributed by atoms with Crippen LogP contribution in [0.15, 0.2) is 12.4 Å². The zero-order valence-corrected chi connectivity index (χ0v) is 7.62. The highest BCUT2D eigenvalue weighted by atomic mass is 19.3. The maximum Gasteiger partial charge on any atom is 0.316 e. The molecule has 76 valence electrons. The number of carbonyl (C=O) groups is 1. The van der Waals surface area contributed by atoms with Gasteiger partial charge in [0, 0.05) is 19.3 Å². The minimum absolute atomic E-state index is 0.0287. The van der Waals surface area contributed by atoms with Gasteiger partial charge in [-0.2, -0.15) is 8.78 Å². The molecule has 0 unspecified atom stereocenters. The van der Waals surface area contributed by atoms with Crippen LogP contribution in [0, 0.1) is 0 Å². The molecular weight excluding hydrogens is 194 g/mol. The van der Waals surface area contributed by atoms with Crippen molar-refractivity contribution in [2.24, 2.45) is 0 Å². The Bertz CT molecular complexity index is 332. The quantitative estimate of drug-likeness (QED) is 0.693. The van der Waals surface area contributed by atoms with Crippen molar-refractivity contribution in [3.8, 4) is 6.01 Å². The molecule has 1 rings (SSSR count). The number of hydrogen-bond acceptors (Lipinski definition) is 4. The molecule has 0 atom stereocenters. The molecule has 0 saturated heterocycles. The number of rotatable bonds is 3. The van der Waals surface area contributed by atoms with E-state index in [4.69, 9.17) is 0 Å². The van der Waals surface area contributed by atoms with Crippen LogP contribution >= 0.6 is 0 Å². The minimum atomic E-state index is -3.40. The summed E-state index contributed by atoms with van der Waals surface area (Å²) >= 11 is 0. The van der Waals surface area contributed by atoms with Crippen molar-refractivity contribution in [2.75, 3.05) is 7.11 Å². The van der Waals surface area contributed by atoms with Crippen LogP contribution in [0.25, 0.3) is 0 Å². The van der Waals surface area contributed by atoms with E-state index < -0.39 is 11.7 Å². The van der Waals surface area contributed by atoms with Crippen LogP contribution in [-0.2, 0) is 0 Å². The van der Waals surface area contributed by atoms with Gasteiger partial charge >= 0.3 is 11.9 Å². The largest absolute Gasteiger partial charge is 0.467 e. The number of carbonyl (C=O) groups excluding carboxylic acids is 1. The van der Waals surface area contributed by atoms with E-state index in [1.807, 2.05) is 0 Å². The first-order valence-electron chi connectivity index (χ1n) is 3.74. The number of Topliss-reactive ketones (excluding diaryl/α,β-unsaturated/α-hetero) is 1. The van der Waals surface area contributed by atoms with Gasteiger partial charge in [0.05, 0.1) is 12.7 Å². The number of aromatic nitrogens is 2. The zero-order valence-electron chi connectivity index (χ0n) is 7.62. The summed E-state index contributed by atoms with van der Waals surface area (Å²) in [4.78, 5) is 18.1. The molecule has 0 bridgehead atoms. The maximum atomic E-state index is 12.5. The van der Waals surface area contributed by atoms with Crippen molar-refractivity contribution < 1.29 is 18.3 Å². The highest BCUT2D eigenvalue weighted by Crippen LogP contribution is 2.18. The van der Waals surface area contributed by atoms with Crippen molar-refractivity contribution in [3.05, 3.63) is 18.0 Å². The predicted molar refractivity (Wildman–Crippen MR) is 43.5 cm³/mol. The molecule has 6 heteroatoms. The molecule has 1 heterocycles. The van der Waals surface area contributed by atoms with E-state index >= 15 is 0 Å². The van der Waals surface area contributed by atoms with Crippen molar-refractivity contribution in [3.63, 3.8) is 0 Å². The zero-order chi connectivity index (χ0) is 10.8. The lowest BCUT2D eigenvalue weighted by molar-refractivity contribution is 0.0220. The van der Waals surface area contributed by atoms with Crippen molar-refractivity contribution in [1.29, 1.82) is 0 Å². The number of hydrogen-bond donors (Lipinski definition) is 0. The average Bonchev–Trinajstić information content (AvgIpc) is 2.15. The van der Waals surface area contributed by atoms with Gasteiger partial charge in [-0.3, -0.25) is 4.79 Å². The molecule has 14 heavy (non-hydrogen) atoms. The number of methoxy groups -OCH3 is 1. The van der Waals surface area contributed by atoms with Crippen molar-refractivity contribution in [2.45, 2.75) is 12.8 Å². The molecule has 0 spiro atoms. The highest BCUT2D eigenvalue weighted by Gasteiger charge is 2.33. The first-order chi connectivity index (χ1) is 6.45. The second kappa shape index (κ2) is 3.65. The van der Waals surface area contributed by atoms with Gasteiger partial charge in [-0.25, -0.2) is 9.97 Å². The Labute approximate surface area is 78.9 Å². The van der Waals surface area contributed by atoms with E-state index in [1.54, 1.807) is 0 Å². The van der Waals surface area contributed by atoms with E-state index in [9.17, 15) is 13.6 Å². The van der Waals surface area contributed by atoms with E-state index in [-0.39, 0.29) is 11.6 Å². The Balaban J connectivity index is 2.93.